The molecule has 1 heterocycles. The highest BCUT2D eigenvalue weighted by Crippen LogP contribution is 2.29. The van der Waals surface area contributed by atoms with E-state index in [1.807, 2.05) is 86.6 Å². The third-order valence-electron chi connectivity index (χ3n) is 6.21. The van der Waals surface area contributed by atoms with Crippen LogP contribution in [0.15, 0.2) is 72.8 Å². The lowest BCUT2D eigenvalue weighted by atomic mass is 10.0. The molecular weight excluding hydrogens is 450 g/mol. The highest BCUT2D eigenvalue weighted by Gasteiger charge is 2.33. The molecule has 7 heteroatoms. The van der Waals surface area contributed by atoms with E-state index in [9.17, 15) is 9.59 Å². The summed E-state index contributed by atoms with van der Waals surface area (Å²) in [6, 6.07) is 22.1. The number of fused-ring (bicyclic) bond motifs is 1. The van der Waals surface area contributed by atoms with Crippen LogP contribution >= 0.6 is 0 Å². The maximum absolute atomic E-state index is 14.0. The van der Waals surface area contributed by atoms with Crippen molar-refractivity contribution in [1.82, 2.24) is 20.3 Å². The van der Waals surface area contributed by atoms with Gasteiger partial charge in [-0.2, -0.15) is 0 Å². The second-order valence-corrected chi connectivity index (χ2v) is 9.62. The quantitative estimate of drug-likeness (QED) is 0.364. The maximum Gasteiger partial charge on any atom is 0.249 e. The van der Waals surface area contributed by atoms with Gasteiger partial charge in [-0.15, -0.1) is 5.10 Å². The number of anilines is 1. The van der Waals surface area contributed by atoms with Gasteiger partial charge in [-0.3, -0.25) is 14.5 Å². The first kappa shape index (κ1) is 25.1. The van der Waals surface area contributed by atoms with E-state index in [2.05, 4.69) is 29.5 Å². The van der Waals surface area contributed by atoms with Crippen molar-refractivity contribution < 1.29 is 9.59 Å². The Kier molecular flexibility index (Phi) is 7.78. The van der Waals surface area contributed by atoms with Crippen molar-refractivity contribution in [1.29, 1.82) is 0 Å². The number of benzene rings is 3. The summed E-state index contributed by atoms with van der Waals surface area (Å²) in [5.41, 5.74) is 5.04. The van der Waals surface area contributed by atoms with Crippen LogP contribution in [0.4, 0.5) is 5.69 Å². The first-order valence-electron chi connectivity index (χ1n) is 12.3. The van der Waals surface area contributed by atoms with Gasteiger partial charge in [0.2, 0.25) is 11.8 Å². The second-order valence-electron chi connectivity index (χ2n) is 9.62. The van der Waals surface area contributed by atoms with Crippen molar-refractivity contribution >= 4 is 28.5 Å². The van der Waals surface area contributed by atoms with Crippen molar-refractivity contribution in [3.05, 3.63) is 89.5 Å². The van der Waals surface area contributed by atoms with Gasteiger partial charge >= 0.3 is 0 Å². The van der Waals surface area contributed by atoms with E-state index in [4.69, 9.17) is 0 Å². The van der Waals surface area contributed by atoms with Gasteiger partial charge in [0.25, 0.3) is 0 Å². The molecule has 186 valence electrons. The Balaban J connectivity index is 1.75. The molecule has 4 aromatic rings. The van der Waals surface area contributed by atoms with Crippen LogP contribution in [-0.4, -0.2) is 33.4 Å². The van der Waals surface area contributed by atoms with Gasteiger partial charge in [0.1, 0.15) is 18.1 Å². The van der Waals surface area contributed by atoms with Gasteiger partial charge in [-0.25, -0.2) is 4.68 Å². The number of aromatic nitrogens is 3. The summed E-state index contributed by atoms with van der Waals surface area (Å²) in [4.78, 5) is 29.2. The number of nitrogens with zero attached hydrogens (tertiary/aromatic N) is 4. The Hall–Kier alpha value is -4.00. The lowest BCUT2D eigenvalue weighted by Gasteiger charge is -2.32. The average Bonchev–Trinajstić information content (AvgIpc) is 3.26. The Morgan fingerprint density at radius 2 is 1.56 bits per heavy atom. The summed E-state index contributed by atoms with van der Waals surface area (Å²) in [5, 5.41) is 11.4. The Bertz CT molecular complexity index is 1330. The van der Waals surface area contributed by atoms with Gasteiger partial charge in [0.15, 0.2) is 0 Å². The highest BCUT2D eigenvalue weighted by molar-refractivity contribution is 6.01. The SMILES string of the molecule is Cc1ccc([C@H](C(=O)NCCC(C)C)N(C(=O)Cn2nnc3ccccc32)c2ccc(C)cc2)cc1. The molecule has 0 spiro atoms. The molecule has 1 atom stereocenters. The summed E-state index contributed by atoms with van der Waals surface area (Å²) in [6.07, 6.45) is 0.857. The molecule has 0 fully saturated rings. The predicted molar refractivity (Wildman–Crippen MR) is 143 cm³/mol. The van der Waals surface area contributed by atoms with Crippen molar-refractivity contribution in [3.8, 4) is 0 Å². The smallest absolute Gasteiger partial charge is 0.249 e. The van der Waals surface area contributed by atoms with Gasteiger partial charge in [-0.05, 0) is 56.0 Å². The number of rotatable bonds is 9. The highest BCUT2D eigenvalue weighted by atomic mass is 16.2. The second kappa shape index (κ2) is 11.2. The van der Waals surface area contributed by atoms with E-state index >= 15 is 0 Å². The molecule has 0 saturated heterocycles. The molecule has 3 aromatic carbocycles. The molecule has 1 aromatic heterocycles. The van der Waals surface area contributed by atoms with E-state index in [0.29, 0.717) is 23.7 Å². The van der Waals surface area contributed by atoms with E-state index in [1.54, 1.807) is 9.58 Å². The number of para-hydroxylation sites is 1. The van der Waals surface area contributed by atoms with Gasteiger partial charge in [0, 0.05) is 12.2 Å². The van der Waals surface area contributed by atoms with Crippen molar-refractivity contribution in [2.45, 2.75) is 46.7 Å². The third-order valence-corrected chi connectivity index (χ3v) is 6.21. The van der Waals surface area contributed by atoms with E-state index in [0.717, 1.165) is 28.6 Å². The zero-order chi connectivity index (χ0) is 25.7. The molecule has 0 aliphatic carbocycles. The summed E-state index contributed by atoms with van der Waals surface area (Å²) in [6.45, 7) is 8.73. The summed E-state index contributed by atoms with van der Waals surface area (Å²) in [7, 11) is 0. The Morgan fingerprint density at radius 1 is 0.917 bits per heavy atom. The predicted octanol–water partition coefficient (Wildman–Crippen LogP) is 4.98. The van der Waals surface area contributed by atoms with E-state index in [-0.39, 0.29) is 18.4 Å². The Labute approximate surface area is 212 Å². The van der Waals surface area contributed by atoms with Crippen LogP contribution in [-0.2, 0) is 16.1 Å². The van der Waals surface area contributed by atoms with Gasteiger partial charge in [0.05, 0.1) is 5.52 Å². The minimum atomic E-state index is -0.831. The Morgan fingerprint density at radius 3 is 2.22 bits per heavy atom. The molecule has 2 amide bonds. The zero-order valence-electron chi connectivity index (χ0n) is 21.3. The van der Waals surface area contributed by atoms with Gasteiger partial charge < -0.3 is 5.32 Å². The van der Waals surface area contributed by atoms with Crippen LogP contribution in [0.1, 0.15) is 43.0 Å². The molecule has 0 unspecified atom stereocenters. The summed E-state index contributed by atoms with van der Waals surface area (Å²) >= 11 is 0. The first-order valence-corrected chi connectivity index (χ1v) is 12.3. The number of carbonyl (C=O) groups excluding carboxylic acids is 2. The molecule has 4 rings (SSSR count). The molecule has 0 saturated carbocycles. The largest absolute Gasteiger partial charge is 0.354 e. The molecule has 36 heavy (non-hydrogen) atoms. The van der Waals surface area contributed by atoms with Crippen LogP contribution in [0.3, 0.4) is 0 Å². The standard InChI is InChI=1S/C29H33N5O2/c1-20(2)17-18-30-29(36)28(23-13-9-21(3)10-14-23)34(24-15-11-22(4)12-16-24)27(35)19-33-26-8-6-5-7-25(26)31-32-33/h5-16,20,28H,17-19H2,1-4H3,(H,30,36)/t28-/m1/s1. The minimum absolute atomic E-state index is 0.0456. The van der Waals surface area contributed by atoms with Crippen molar-refractivity contribution in [2.24, 2.45) is 5.92 Å². The maximum atomic E-state index is 14.0. The fraction of sp³-hybridized carbons (Fsp3) is 0.310. The summed E-state index contributed by atoms with van der Waals surface area (Å²) in [5.74, 6) is -0.00507. The molecule has 0 aliphatic heterocycles. The number of amides is 2. The van der Waals surface area contributed by atoms with Gasteiger partial charge in [-0.1, -0.05) is 78.7 Å². The third kappa shape index (κ3) is 5.79. The van der Waals surface area contributed by atoms with Crippen LogP contribution in [0.2, 0.25) is 0 Å². The number of hydrogen-bond acceptors (Lipinski definition) is 4. The fourth-order valence-electron chi connectivity index (χ4n) is 4.13. The molecule has 0 aliphatic rings. The normalized spacial score (nSPS) is 12.0. The lowest BCUT2D eigenvalue weighted by Crippen LogP contribution is -2.45. The number of aryl methyl sites for hydroxylation is 2. The van der Waals surface area contributed by atoms with E-state index in [1.165, 1.54) is 0 Å². The molecule has 7 nitrogen and oxygen atoms in total. The van der Waals surface area contributed by atoms with Crippen LogP contribution in [0.25, 0.3) is 11.0 Å². The molecule has 1 N–H and O–H groups in total. The molecular formula is C29H33N5O2. The van der Waals surface area contributed by atoms with Crippen LogP contribution < -0.4 is 10.2 Å². The zero-order valence-corrected chi connectivity index (χ0v) is 21.3. The molecule has 0 bridgehead atoms. The van der Waals surface area contributed by atoms with Crippen LogP contribution in [0.5, 0.6) is 0 Å². The van der Waals surface area contributed by atoms with Crippen LogP contribution in [0, 0.1) is 19.8 Å². The monoisotopic (exact) mass is 483 g/mol. The first-order chi connectivity index (χ1) is 17.3. The van der Waals surface area contributed by atoms with E-state index < -0.39 is 6.04 Å². The number of carbonyl (C=O) groups is 2. The topological polar surface area (TPSA) is 80.1 Å². The molecule has 0 radical (unpaired) electrons. The number of nitrogens with one attached hydrogen (secondary N) is 1. The lowest BCUT2D eigenvalue weighted by molar-refractivity contribution is -0.127. The van der Waals surface area contributed by atoms with Crippen molar-refractivity contribution in [2.75, 3.05) is 11.4 Å². The summed E-state index contributed by atoms with van der Waals surface area (Å²) < 4.78 is 1.59. The number of hydrogen-bond donors (Lipinski definition) is 1. The average molecular weight is 484 g/mol. The minimum Gasteiger partial charge on any atom is -0.354 e. The van der Waals surface area contributed by atoms with Crippen molar-refractivity contribution in [3.63, 3.8) is 0 Å². The fourth-order valence-corrected chi connectivity index (χ4v) is 4.13.